The molecule has 4 aliphatic carbocycles. The van der Waals surface area contributed by atoms with Crippen molar-refractivity contribution >= 4 is 18.2 Å². The molecule has 11 heteroatoms. The van der Waals surface area contributed by atoms with Gasteiger partial charge < -0.3 is 43.4 Å². The molecule has 7 aliphatic rings. The standard InChI is InChI=1S/C32H44O11/c1-17-10-23-27(40-16-39-23)28(41-17)43-20-4-8-30(15-33)21-5-7-29(3)26(19-11-25(35)38-14-19)24(42-18(2)34)13-32(29,37)22(21)6-9-31(30,36)12-20/h11,15,17,20-24,26-28,36-37H,4-10,12-14,16H2,1-3H3/t17-,20+,21+,22-,23-,24+,26+,27-,28+,29-,30+,31+,32+/m1/s1. The van der Waals surface area contributed by atoms with Gasteiger partial charge >= 0.3 is 11.9 Å². The van der Waals surface area contributed by atoms with Crippen LogP contribution in [0.15, 0.2) is 11.6 Å². The van der Waals surface area contributed by atoms with Gasteiger partial charge in [-0.25, -0.2) is 4.79 Å². The first-order chi connectivity index (χ1) is 20.4. The third-order valence-corrected chi connectivity index (χ3v) is 12.5. The Morgan fingerprint density at radius 2 is 1.88 bits per heavy atom. The van der Waals surface area contributed by atoms with E-state index in [0.717, 1.165) is 18.3 Å². The highest BCUT2D eigenvalue weighted by Gasteiger charge is 2.74. The van der Waals surface area contributed by atoms with E-state index >= 15 is 0 Å². The van der Waals surface area contributed by atoms with Crippen molar-refractivity contribution in [3.05, 3.63) is 11.6 Å². The van der Waals surface area contributed by atoms with Crippen molar-refractivity contribution in [2.45, 2.75) is 127 Å². The smallest absolute Gasteiger partial charge is 0.331 e. The number of rotatable bonds is 5. The molecule has 238 valence electrons. The molecule has 0 bridgehead atoms. The predicted molar refractivity (Wildman–Crippen MR) is 147 cm³/mol. The number of aliphatic hydroxyl groups is 2. The summed E-state index contributed by atoms with van der Waals surface area (Å²) in [5, 5.41) is 25.0. The molecule has 0 radical (unpaired) electrons. The normalized spacial score (nSPS) is 52.3. The molecule has 0 unspecified atom stereocenters. The van der Waals surface area contributed by atoms with Crippen LogP contribution in [0.3, 0.4) is 0 Å². The first-order valence-electron chi connectivity index (χ1n) is 15.9. The van der Waals surface area contributed by atoms with Crippen LogP contribution in [-0.2, 0) is 42.8 Å². The number of aldehydes is 1. The van der Waals surface area contributed by atoms with Gasteiger partial charge in [-0.05, 0) is 62.9 Å². The Balaban J connectivity index is 1.15. The van der Waals surface area contributed by atoms with Crippen LogP contribution in [0.1, 0.15) is 78.6 Å². The van der Waals surface area contributed by atoms with E-state index in [1.807, 2.05) is 13.8 Å². The Morgan fingerprint density at radius 3 is 2.60 bits per heavy atom. The quantitative estimate of drug-likeness (QED) is 0.271. The first-order valence-corrected chi connectivity index (χ1v) is 15.9. The third kappa shape index (κ3) is 4.32. The minimum atomic E-state index is -1.29. The van der Waals surface area contributed by atoms with Crippen LogP contribution in [0.2, 0.25) is 0 Å². The molecule has 2 saturated heterocycles. The summed E-state index contributed by atoms with van der Waals surface area (Å²) in [6.45, 7) is 5.68. The second kappa shape index (κ2) is 10.3. The van der Waals surface area contributed by atoms with Crippen LogP contribution in [-0.4, -0.2) is 89.8 Å². The van der Waals surface area contributed by atoms with Gasteiger partial charge in [-0.2, -0.15) is 0 Å². The molecule has 0 amide bonds. The number of esters is 2. The Morgan fingerprint density at radius 1 is 1.09 bits per heavy atom. The van der Waals surface area contributed by atoms with E-state index in [9.17, 15) is 24.6 Å². The summed E-state index contributed by atoms with van der Waals surface area (Å²) in [5.74, 6) is -1.79. The number of carbonyl (C=O) groups excluding carboxylic acids is 3. The number of hydrogen-bond donors (Lipinski definition) is 2. The largest absolute Gasteiger partial charge is 0.462 e. The Hall–Kier alpha value is -1.89. The van der Waals surface area contributed by atoms with E-state index < -0.39 is 46.4 Å². The van der Waals surface area contributed by atoms with E-state index in [0.29, 0.717) is 44.9 Å². The van der Waals surface area contributed by atoms with Gasteiger partial charge in [0, 0.05) is 43.6 Å². The number of fused-ring (bicyclic) bond motifs is 6. The SMILES string of the molecule is CC(=O)O[C@H]1C[C@]2(O)[C@@H]3CC[C@]4(O)C[C@@H](O[C@@H]5O[C@H](C)C[C@H]6OCO[C@@H]56)CC[C@]4(C=O)[C@H]3CC[C@]2(C)[C@H]1C1=CC(=O)OC1. The topological polar surface area (TPSA) is 147 Å². The molecule has 0 aromatic carbocycles. The van der Waals surface area contributed by atoms with Gasteiger partial charge in [0.2, 0.25) is 0 Å². The molecule has 4 saturated carbocycles. The van der Waals surface area contributed by atoms with Crippen molar-refractivity contribution in [2.75, 3.05) is 13.4 Å². The van der Waals surface area contributed by atoms with Crippen LogP contribution in [0.25, 0.3) is 0 Å². The lowest BCUT2D eigenvalue weighted by Gasteiger charge is -2.65. The fourth-order valence-corrected chi connectivity index (χ4v) is 10.7. The number of ether oxygens (including phenoxy) is 6. The second-order valence-electron chi connectivity index (χ2n) is 14.5. The van der Waals surface area contributed by atoms with Crippen LogP contribution in [0, 0.1) is 28.6 Å². The number of cyclic esters (lactones) is 1. The molecule has 0 spiro atoms. The van der Waals surface area contributed by atoms with E-state index in [2.05, 4.69) is 0 Å². The summed E-state index contributed by atoms with van der Waals surface area (Å²) in [6, 6.07) is 0. The second-order valence-corrected chi connectivity index (χ2v) is 14.5. The minimum Gasteiger partial charge on any atom is -0.462 e. The maximum absolute atomic E-state index is 13.2. The molecular formula is C32H44O11. The summed E-state index contributed by atoms with van der Waals surface area (Å²) in [6.07, 6.45) is 4.72. The third-order valence-electron chi connectivity index (χ3n) is 12.5. The average Bonchev–Trinajstić information content (AvgIpc) is 3.63. The van der Waals surface area contributed by atoms with Crippen molar-refractivity contribution in [1.29, 1.82) is 0 Å². The van der Waals surface area contributed by atoms with Crippen LogP contribution < -0.4 is 0 Å². The Bertz CT molecular complexity index is 1200. The van der Waals surface area contributed by atoms with Gasteiger partial charge in [0.15, 0.2) is 6.29 Å². The zero-order valence-electron chi connectivity index (χ0n) is 25.2. The highest BCUT2D eigenvalue weighted by Crippen LogP contribution is 2.70. The summed E-state index contributed by atoms with van der Waals surface area (Å²) < 4.78 is 35.1. The van der Waals surface area contributed by atoms with E-state index in [1.165, 1.54) is 13.0 Å². The van der Waals surface area contributed by atoms with Crippen LogP contribution in [0.4, 0.5) is 0 Å². The fraction of sp³-hybridized carbons (Fsp3) is 0.844. The highest BCUT2D eigenvalue weighted by atomic mass is 16.8. The fourth-order valence-electron chi connectivity index (χ4n) is 10.7. The lowest BCUT2D eigenvalue weighted by molar-refractivity contribution is -0.287. The van der Waals surface area contributed by atoms with Gasteiger partial charge in [0.25, 0.3) is 0 Å². The van der Waals surface area contributed by atoms with Crippen molar-refractivity contribution < 1.29 is 53.0 Å². The number of carbonyl (C=O) groups is 3. The van der Waals surface area contributed by atoms with E-state index in [4.69, 9.17) is 28.4 Å². The van der Waals surface area contributed by atoms with Crippen molar-refractivity contribution in [1.82, 2.24) is 0 Å². The van der Waals surface area contributed by atoms with Crippen molar-refractivity contribution in [3.8, 4) is 0 Å². The van der Waals surface area contributed by atoms with Crippen LogP contribution in [0.5, 0.6) is 0 Å². The molecule has 0 aromatic heterocycles. The molecule has 2 N–H and O–H groups in total. The summed E-state index contributed by atoms with van der Waals surface area (Å²) in [7, 11) is 0. The molecule has 3 heterocycles. The van der Waals surface area contributed by atoms with Gasteiger partial charge in [-0.15, -0.1) is 0 Å². The maximum Gasteiger partial charge on any atom is 0.331 e. The van der Waals surface area contributed by atoms with Gasteiger partial charge in [-0.1, -0.05) is 6.92 Å². The van der Waals surface area contributed by atoms with Gasteiger partial charge in [0.05, 0.1) is 34.9 Å². The molecule has 43 heavy (non-hydrogen) atoms. The summed E-state index contributed by atoms with van der Waals surface area (Å²) >= 11 is 0. The summed E-state index contributed by atoms with van der Waals surface area (Å²) in [4.78, 5) is 37.4. The number of hydrogen-bond acceptors (Lipinski definition) is 11. The first kappa shape index (κ1) is 29.8. The van der Waals surface area contributed by atoms with Gasteiger partial charge in [0.1, 0.15) is 31.9 Å². The lowest BCUT2D eigenvalue weighted by Crippen LogP contribution is -2.69. The van der Waals surface area contributed by atoms with Crippen molar-refractivity contribution in [2.24, 2.45) is 28.6 Å². The minimum absolute atomic E-state index is 0.0443. The summed E-state index contributed by atoms with van der Waals surface area (Å²) in [5.41, 5.74) is -3.57. The molecule has 0 aromatic rings. The average molecular weight is 605 g/mol. The molecular weight excluding hydrogens is 560 g/mol. The Kier molecular flexibility index (Phi) is 7.15. The molecule has 3 aliphatic heterocycles. The maximum atomic E-state index is 13.2. The van der Waals surface area contributed by atoms with Crippen LogP contribution >= 0.6 is 0 Å². The molecule has 13 atom stereocenters. The Labute approximate surface area is 251 Å². The molecule has 11 nitrogen and oxygen atoms in total. The predicted octanol–water partition coefficient (Wildman–Crippen LogP) is 2.34. The van der Waals surface area contributed by atoms with Crippen molar-refractivity contribution in [3.63, 3.8) is 0 Å². The highest BCUT2D eigenvalue weighted by molar-refractivity contribution is 5.85. The van der Waals surface area contributed by atoms with E-state index in [-0.39, 0.29) is 62.0 Å². The monoisotopic (exact) mass is 604 g/mol. The molecule has 6 fully saturated rings. The lowest BCUT2D eigenvalue weighted by atomic mass is 9.41. The molecule has 7 rings (SSSR count). The van der Waals surface area contributed by atoms with Gasteiger partial charge in [-0.3, -0.25) is 4.79 Å². The zero-order chi connectivity index (χ0) is 30.4. The van der Waals surface area contributed by atoms with E-state index in [1.54, 1.807) is 0 Å². The zero-order valence-corrected chi connectivity index (χ0v) is 25.2.